The molecule has 0 heterocycles. The molecular formula is C57H108O7SSn. The third-order valence-electron chi connectivity index (χ3n) is 10.9. The van der Waals surface area contributed by atoms with Crippen LogP contribution in [0.2, 0.25) is 4.94 Å². The number of hydrogen-bond acceptors (Lipinski definition) is 8. The fourth-order valence-electron chi connectivity index (χ4n) is 7.02. The quantitative estimate of drug-likeness (QED) is 0.0203. The van der Waals surface area contributed by atoms with Crippen molar-refractivity contribution in [3.8, 4) is 0 Å². The average Bonchev–Trinajstić information content (AvgIpc) is 3.28. The van der Waals surface area contributed by atoms with Crippen LogP contribution in [0.5, 0.6) is 0 Å². The number of aliphatic hydroxyl groups is 1. The topological polar surface area (TPSA) is 141 Å². The van der Waals surface area contributed by atoms with Gasteiger partial charge in [-0.25, -0.2) is 0 Å². The Balaban J connectivity index is -0.000000265. The molecular weight excluding hydrogens is 947 g/mol. The van der Waals surface area contributed by atoms with Gasteiger partial charge in [-0.15, -0.1) is 12.6 Å². The SMILES string of the molecule is CC(O)S.CCCCCCCC/C=C\CCCCCCCC(=O)[O-].CCCCCCCC/C=C\CCCCCCCC(=O)[O-].CCCCCCCC/C=C\CCCCCCCC(=O)[O-].[CH3][Sn+3]. The minimum atomic E-state index is -0.914. The van der Waals surface area contributed by atoms with E-state index in [4.69, 9.17) is 5.11 Å². The van der Waals surface area contributed by atoms with Crippen molar-refractivity contribution < 1.29 is 34.8 Å². The number of thiol groups is 1. The summed E-state index contributed by atoms with van der Waals surface area (Å²) in [5, 5.41) is 38.6. The molecule has 0 rings (SSSR count). The summed E-state index contributed by atoms with van der Waals surface area (Å²) >= 11 is 5.07. The average molecular weight is 1060 g/mol. The van der Waals surface area contributed by atoms with Crippen LogP contribution in [0.15, 0.2) is 36.5 Å². The van der Waals surface area contributed by atoms with Crippen molar-refractivity contribution in [3.63, 3.8) is 0 Å². The molecule has 0 aromatic heterocycles. The van der Waals surface area contributed by atoms with Gasteiger partial charge in [0.2, 0.25) is 0 Å². The molecule has 0 aliphatic rings. The summed E-state index contributed by atoms with van der Waals surface area (Å²) in [4.78, 5) is 32.7. The van der Waals surface area contributed by atoms with Crippen molar-refractivity contribution in [3.05, 3.63) is 36.5 Å². The Hall–Kier alpha value is -1.26. The number of carboxylic acids is 3. The number of hydrogen-bond donors (Lipinski definition) is 2. The second kappa shape index (κ2) is 72.7. The van der Waals surface area contributed by atoms with E-state index in [0.29, 0.717) is 0 Å². The van der Waals surface area contributed by atoms with Gasteiger partial charge in [0.25, 0.3) is 0 Å². The van der Waals surface area contributed by atoms with Crippen LogP contribution in [0.3, 0.4) is 0 Å². The number of rotatable bonds is 45. The molecule has 0 radical (unpaired) electrons. The number of allylic oxidation sites excluding steroid dienone is 6. The first-order valence-electron chi connectivity index (χ1n) is 27.4. The molecule has 0 aliphatic heterocycles. The second-order valence-electron chi connectivity index (χ2n) is 17.8. The van der Waals surface area contributed by atoms with Crippen molar-refractivity contribution >= 4 is 53.1 Å². The van der Waals surface area contributed by atoms with Crippen LogP contribution in [0.1, 0.15) is 297 Å². The molecule has 0 aliphatic carbocycles. The monoisotopic (exact) mass is 1060 g/mol. The van der Waals surface area contributed by atoms with Gasteiger partial charge in [0.15, 0.2) is 0 Å². The van der Waals surface area contributed by atoms with Crippen LogP contribution in [-0.4, -0.2) is 51.0 Å². The Morgan fingerprint density at radius 3 is 0.652 bits per heavy atom. The second-order valence-corrected chi connectivity index (χ2v) is 18.5. The third kappa shape index (κ3) is 96.7. The molecule has 66 heavy (non-hydrogen) atoms. The van der Waals surface area contributed by atoms with Gasteiger partial charge >= 0.3 is 27.5 Å². The van der Waals surface area contributed by atoms with Crippen LogP contribution >= 0.6 is 12.6 Å². The number of carboxylic acid groups (broad SMARTS) is 3. The molecule has 1 atom stereocenters. The predicted molar refractivity (Wildman–Crippen MR) is 286 cm³/mol. The third-order valence-corrected chi connectivity index (χ3v) is 10.9. The fraction of sp³-hybridized carbons (Fsp3) is 0.842. The molecule has 1 N–H and O–H groups in total. The molecule has 9 heteroatoms. The van der Waals surface area contributed by atoms with Crippen LogP contribution in [0, 0.1) is 0 Å². The predicted octanol–water partition coefficient (Wildman–Crippen LogP) is 14.8. The molecule has 0 bridgehead atoms. The molecule has 0 fully saturated rings. The van der Waals surface area contributed by atoms with E-state index >= 15 is 0 Å². The Labute approximate surface area is 429 Å². The van der Waals surface area contributed by atoms with E-state index < -0.39 is 23.3 Å². The Bertz CT molecular complexity index is 880. The van der Waals surface area contributed by atoms with Gasteiger partial charge in [-0.1, -0.05) is 211 Å². The van der Waals surface area contributed by atoms with Gasteiger partial charge in [0.1, 0.15) is 0 Å². The molecule has 7 nitrogen and oxygen atoms in total. The number of unbranched alkanes of at least 4 members (excludes halogenated alkanes) is 33. The molecule has 0 aromatic rings. The maximum absolute atomic E-state index is 10.2. The summed E-state index contributed by atoms with van der Waals surface area (Å²) < 4.78 is 0. The molecule has 388 valence electrons. The zero-order chi connectivity index (χ0) is 50.3. The minimum absolute atomic E-state index is 0.220. The summed E-state index contributed by atoms with van der Waals surface area (Å²) in [5.41, 5.74) is -0.472. The van der Waals surface area contributed by atoms with E-state index in [9.17, 15) is 29.7 Å². The van der Waals surface area contributed by atoms with E-state index in [1.807, 2.05) is 0 Å². The molecule has 0 aromatic carbocycles. The first-order valence-corrected chi connectivity index (χ1v) is 30.8. The number of aliphatic hydroxyl groups excluding tert-OH is 1. The maximum atomic E-state index is 10.2. The van der Waals surface area contributed by atoms with E-state index in [1.54, 1.807) is 29.4 Å². The van der Waals surface area contributed by atoms with Gasteiger partial charge in [-0.3, -0.25) is 0 Å². The summed E-state index contributed by atoms with van der Waals surface area (Å²) in [6.45, 7) is 8.35. The van der Waals surface area contributed by atoms with E-state index in [1.165, 1.54) is 193 Å². The van der Waals surface area contributed by atoms with Crippen molar-refractivity contribution in [1.82, 2.24) is 0 Å². The standard InChI is InChI=1S/3C18H34O2.C2H6OS.CH3.Sn/c3*1-2-3-4-5-6-7-8-9-10-11-12-13-14-15-16-17-18(19)20;1-2(3)4;;/h3*9-10H,2-8,11-17H2,1H3,(H,19,20);2-4H,1H3;1H3;/q;;;;;+3/p-3/b3*10-9-;;;. The van der Waals surface area contributed by atoms with Gasteiger partial charge in [-0.2, -0.15) is 0 Å². The zero-order valence-corrected chi connectivity index (χ0v) is 47.8. The summed E-state index contributed by atoms with van der Waals surface area (Å²) in [5.74, 6) is -2.74. The number of carbonyl (C=O) groups excluding carboxylic acids is 3. The van der Waals surface area contributed by atoms with Crippen LogP contribution in [0.25, 0.3) is 0 Å². The van der Waals surface area contributed by atoms with Crippen LogP contribution in [0.4, 0.5) is 0 Å². The van der Waals surface area contributed by atoms with Crippen molar-refractivity contribution in [2.45, 2.75) is 308 Å². The normalized spacial score (nSPS) is 11.3. The zero-order valence-electron chi connectivity index (χ0n) is 44.1. The van der Waals surface area contributed by atoms with E-state index in [-0.39, 0.29) is 19.3 Å². The number of aliphatic carboxylic acids is 3. The van der Waals surface area contributed by atoms with Crippen LogP contribution in [-0.2, 0) is 14.4 Å². The summed E-state index contributed by atoms with van der Waals surface area (Å²) in [6.07, 6.45) is 62.7. The van der Waals surface area contributed by atoms with Crippen molar-refractivity contribution in [1.29, 1.82) is 0 Å². The fourth-order valence-corrected chi connectivity index (χ4v) is 7.02. The van der Waals surface area contributed by atoms with Gasteiger partial charge < -0.3 is 34.8 Å². The van der Waals surface area contributed by atoms with Crippen molar-refractivity contribution in [2.24, 2.45) is 0 Å². The Kier molecular flexibility index (Phi) is 81.2. The molecule has 0 amide bonds. The van der Waals surface area contributed by atoms with Gasteiger partial charge in [0, 0.05) is 17.9 Å². The molecule has 1 unspecified atom stereocenters. The number of carbonyl (C=O) groups is 3. The Morgan fingerprint density at radius 2 is 0.500 bits per heavy atom. The van der Waals surface area contributed by atoms with E-state index in [2.05, 4.69) is 74.8 Å². The Morgan fingerprint density at radius 1 is 0.364 bits per heavy atom. The van der Waals surface area contributed by atoms with Gasteiger partial charge in [-0.05, 0) is 122 Å². The molecule has 0 spiro atoms. The van der Waals surface area contributed by atoms with Crippen molar-refractivity contribution in [2.75, 3.05) is 0 Å². The summed E-state index contributed by atoms with van der Waals surface area (Å²) in [6, 6.07) is 0. The molecule has 0 saturated heterocycles. The van der Waals surface area contributed by atoms with Gasteiger partial charge in [0.05, 0.1) is 5.44 Å². The first-order chi connectivity index (χ1) is 32.0. The molecule has 0 saturated carbocycles. The summed E-state index contributed by atoms with van der Waals surface area (Å²) in [7, 11) is 0. The van der Waals surface area contributed by atoms with Crippen LogP contribution < -0.4 is 15.3 Å². The van der Waals surface area contributed by atoms with E-state index in [0.717, 1.165) is 57.8 Å². The first kappa shape index (κ1) is 73.7.